The van der Waals surface area contributed by atoms with Crippen molar-refractivity contribution < 1.29 is 37.0 Å². The van der Waals surface area contributed by atoms with Crippen molar-refractivity contribution in [3.05, 3.63) is 94.5 Å². The van der Waals surface area contributed by atoms with Crippen molar-refractivity contribution in [2.24, 2.45) is 0 Å². The Morgan fingerprint density at radius 2 is 1.75 bits per heavy atom. The number of halogens is 4. The molecule has 2 fully saturated rings. The minimum absolute atomic E-state index is 0.0324. The lowest BCUT2D eigenvalue weighted by atomic mass is 10.1. The standard InChI is InChI=1S/C35H38ClF3N4O5/c36-30-14-7-25(19-41-32(44)18-35(37,38)39)17-26(30)22-42(27-8-9-27)34(46)31-20-40-21-33(45)43(31)28-10-12-29(13-11-28)48-16-4-15-47-23-24-5-2-1-3-6-24/h1-3,5-7,10-14,17,27,31,40H,4,8-9,15-16,18-23H2,(H,41,44)/t31-/m1/s1. The van der Waals surface area contributed by atoms with Gasteiger partial charge in [-0.15, -0.1) is 0 Å². The molecule has 0 unspecified atom stereocenters. The number of carbonyl (C=O) groups excluding carboxylic acids is 3. The number of hydrogen-bond donors (Lipinski definition) is 2. The van der Waals surface area contributed by atoms with Crippen LogP contribution in [0.4, 0.5) is 18.9 Å². The highest BCUT2D eigenvalue weighted by Gasteiger charge is 2.41. The minimum Gasteiger partial charge on any atom is -0.494 e. The Morgan fingerprint density at radius 3 is 2.46 bits per heavy atom. The number of amides is 3. The van der Waals surface area contributed by atoms with Crippen LogP contribution in [0.1, 0.15) is 42.4 Å². The molecular formula is C35H38ClF3N4O5. The summed E-state index contributed by atoms with van der Waals surface area (Å²) in [6, 6.07) is 21.1. The van der Waals surface area contributed by atoms with Crippen LogP contribution in [0, 0.1) is 0 Å². The number of ether oxygens (including phenoxy) is 2. The van der Waals surface area contributed by atoms with Gasteiger partial charge in [0.2, 0.25) is 17.7 Å². The Hall–Kier alpha value is -4.13. The molecule has 5 rings (SSSR count). The summed E-state index contributed by atoms with van der Waals surface area (Å²) in [5, 5.41) is 5.71. The van der Waals surface area contributed by atoms with Crippen molar-refractivity contribution in [1.82, 2.24) is 15.5 Å². The number of anilines is 1. The van der Waals surface area contributed by atoms with Crippen LogP contribution in [0.5, 0.6) is 5.75 Å². The summed E-state index contributed by atoms with van der Waals surface area (Å²) in [5.41, 5.74) is 2.82. The normalized spacial score (nSPS) is 16.5. The smallest absolute Gasteiger partial charge is 0.397 e. The van der Waals surface area contributed by atoms with E-state index in [1.165, 1.54) is 4.90 Å². The highest BCUT2D eigenvalue weighted by Crippen LogP contribution is 2.33. The molecule has 3 aromatic carbocycles. The van der Waals surface area contributed by atoms with Crippen molar-refractivity contribution in [3.63, 3.8) is 0 Å². The molecule has 3 amide bonds. The topological polar surface area (TPSA) is 100 Å². The number of rotatable bonds is 15. The Morgan fingerprint density at radius 1 is 1.00 bits per heavy atom. The van der Waals surface area contributed by atoms with E-state index in [-0.39, 0.29) is 44.0 Å². The first-order valence-electron chi connectivity index (χ1n) is 15.9. The average molecular weight is 687 g/mol. The molecule has 48 heavy (non-hydrogen) atoms. The number of alkyl halides is 3. The third kappa shape index (κ3) is 10.2. The zero-order chi connectivity index (χ0) is 34.1. The van der Waals surface area contributed by atoms with Gasteiger partial charge in [-0.2, -0.15) is 13.2 Å². The molecule has 0 radical (unpaired) electrons. The van der Waals surface area contributed by atoms with Crippen molar-refractivity contribution in [3.8, 4) is 5.75 Å². The van der Waals surface area contributed by atoms with E-state index in [0.717, 1.165) is 18.4 Å². The average Bonchev–Trinajstić information content (AvgIpc) is 3.90. The van der Waals surface area contributed by atoms with E-state index < -0.39 is 24.5 Å². The second-order valence-corrected chi connectivity index (χ2v) is 12.2. The zero-order valence-electron chi connectivity index (χ0n) is 26.3. The summed E-state index contributed by atoms with van der Waals surface area (Å²) in [7, 11) is 0. The molecule has 9 nitrogen and oxygen atoms in total. The molecule has 0 bridgehead atoms. The van der Waals surface area contributed by atoms with E-state index in [2.05, 4.69) is 10.6 Å². The lowest BCUT2D eigenvalue weighted by Gasteiger charge is -2.38. The summed E-state index contributed by atoms with van der Waals surface area (Å²) in [5.74, 6) is -0.980. The molecule has 1 atom stereocenters. The summed E-state index contributed by atoms with van der Waals surface area (Å²) in [6.07, 6.45) is -3.86. The predicted octanol–water partition coefficient (Wildman–Crippen LogP) is 5.39. The third-order valence-corrected chi connectivity index (χ3v) is 8.35. The number of hydrogen-bond acceptors (Lipinski definition) is 6. The summed E-state index contributed by atoms with van der Waals surface area (Å²) in [4.78, 5) is 42.2. The Kier molecular flexibility index (Phi) is 12.0. The number of piperazine rings is 1. The van der Waals surface area contributed by atoms with Gasteiger partial charge in [0.1, 0.15) is 18.2 Å². The van der Waals surface area contributed by atoms with Crippen LogP contribution in [0.15, 0.2) is 72.8 Å². The second kappa shape index (κ2) is 16.3. The molecule has 1 heterocycles. The van der Waals surface area contributed by atoms with E-state index >= 15 is 0 Å². The van der Waals surface area contributed by atoms with Crippen molar-refractivity contribution in [2.75, 3.05) is 31.2 Å². The number of nitrogens with one attached hydrogen (secondary N) is 2. The van der Waals surface area contributed by atoms with E-state index in [0.29, 0.717) is 53.8 Å². The lowest BCUT2D eigenvalue weighted by Crippen LogP contribution is -2.61. The SMILES string of the molecule is O=C(CC(F)(F)F)NCc1ccc(Cl)c(CN(C(=O)[C@H]2CNCC(=O)N2c2ccc(OCCCOCc3ccccc3)cc2)C2CC2)c1. The maximum Gasteiger partial charge on any atom is 0.397 e. The molecule has 1 saturated carbocycles. The first-order valence-corrected chi connectivity index (χ1v) is 16.2. The Balaban J connectivity index is 1.19. The molecule has 0 spiro atoms. The van der Waals surface area contributed by atoms with Crippen molar-refractivity contribution in [1.29, 1.82) is 0 Å². The highest BCUT2D eigenvalue weighted by molar-refractivity contribution is 6.31. The first-order chi connectivity index (χ1) is 23.1. The molecule has 1 aliphatic heterocycles. The van der Waals surface area contributed by atoms with Gasteiger partial charge in [-0.25, -0.2) is 0 Å². The Labute approximate surface area is 282 Å². The highest BCUT2D eigenvalue weighted by atomic mass is 35.5. The van der Waals surface area contributed by atoms with E-state index in [1.807, 2.05) is 30.3 Å². The van der Waals surface area contributed by atoms with Gasteiger partial charge in [-0.05, 0) is 59.9 Å². The second-order valence-electron chi connectivity index (χ2n) is 11.8. The summed E-state index contributed by atoms with van der Waals surface area (Å²) >= 11 is 6.48. The van der Waals surface area contributed by atoms with Crippen molar-refractivity contribution >= 4 is 35.0 Å². The zero-order valence-corrected chi connectivity index (χ0v) is 27.1. The van der Waals surface area contributed by atoms with Crippen LogP contribution in [0.3, 0.4) is 0 Å². The van der Waals surface area contributed by atoms with Gasteiger partial charge >= 0.3 is 6.18 Å². The van der Waals surface area contributed by atoms with Gasteiger partial charge < -0.3 is 25.0 Å². The summed E-state index contributed by atoms with van der Waals surface area (Å²) < 4.78 is 49.2. The molecule has 2 N–H and O–H groups in total. The minimum atomic E-state index is -4.60. The quantitative estimate of drug-likeness (QED) is 0.208. The van der Waals surface area contributed by atoms with Gasteiger partial charge in [0.15, 0.2) is 0 Å². The van der Waals surface area contributed by atoms with Gasteiger partial charge in [0.25, 0.3) is 0 Å². The summed E-state index contributed by atoms with van der Waals surface area (Å²) in [6.45, 7) is 1.93. The number of carbonyl (C=O) groups is 3. The third-order valence-electron chi connectivity index (χ3n) is 7.98. The van der Waals surface area contributed by atoms with Crippen molar-refractivity contribution in [2.45, 2.75) is 63.6 Å². The predicted molar refractivity (Wildman–Crippen MR) is 174 cm³/mol. The molecule has 0 aromatic heterocycles. The number of nitrogens with zero attached hydrogens (tertiary/aromatic N) is 2. The number of benzene rings is 3. The maximum atomic E-state index is 14.1. The van der Waals surface area contributed by atoms with Gasteiger partial charge in [-0.3, -0.25) is 19.3 Å². The molecule has 2 aliphatic rings. The van der Waals surface area contributed by atoms with Crippen LogP contribution in [0.25, 0.3) is 0 Å². The Bertz CT molecular complexity index is 1550. The molecule has 1 saturated heterocycles. The lowest BCUT2D eigenvalue weighted by molar-refractivity contribution is -0.153. The fraction of sp³-hybridized carbons (Fsp3) is 0.400. The molecule has 13 heteroatoms. The fourth-order valence-corrected chi connectivity index (χ4v) is 5.64. The van der Waals surface area contributed by atoms with Crippen LogP contribution in [-0.2, 0) is 38.8 Å². The molecule has 256 valence electrons. The molecular weight excluding hydrogens is 649 g/mol. The van der Waals surface area contributed by atoms with E-state index in [4.69, 9.17) is 21.1 Å². The first kappa shape index (κ1) is 35.2. The van der Waals surface area contributed by atoms with Crippen LogP contribution >= 0.6 is 11.6 Å². The van der Waals surface area contributed by atoms with Crippen LogP contribution < -0.4 is 20.3 Å². The maximum absolute atomic E-state index is 14.1. The van der Waals surface area contributed by atoms with E-state index in [9.17, 15) is 27.6 Å². The van der Waals surface area contributed by atoms with Crippen LogP contribution in [0.2, 0.25) is 5.02 Å². The fourth-order valence-electron chi connectivity index (χ4n) is 5.46. The van der Waals surface area contributed by atoms with E-state index in [1.54, 1.807) is 47.4 Å². The van der Waals surface area contributed by atoms with Gasteiger partial charge in [0.05, 0.1) is 26.4 Å². The van der Waals surface area contributed by atoms with Gasteiger partial charge in [-0.1, -0.05) is 54.1 Å². The molecule has 3 aromatic rings. The van der Waals surface area contributed by atoms with Gasteiger partial charge in [0, 0.05) is 42.8 Å². The van der Waals surface area contributed by atoms with Crippen LogP contribution in [-0.4, -0.2) is 67.2 Å². The molecule has 1 aliphatic carbocycles. The largest absolute Gasteiger partial charge is 0.494 e. The monoisotopic (exact) mass is 686 g/mol.